The maximum atomic E-state index is 11.1. The molecule has 5 rings (SSSR count). The molecule has 1 fully saturated rings. The summed E-state index contributed by atoms with van der Waals surface area (Å²) in [5, 5.41) is 0. The summed E-state index contributed by atoms with van der Waals surface area (Å²) in [6, 6.07) is 16.3. The van der Waals surface area contributed by atoms with Crippen LogP contribution in [0.4, 0.5) is 0 Å². The van der Waals surface area contributed by atoms with Crippen molar-refractivity contribution >= 4 is 11.4 Å². The van der Waals surface area contributed by atoms with Crippen LogP contribution in [0.15, 0.2) is 78.4 Å². The summed E-state index contributed by atoms with van der Waals surface area (Å²) in [4.78, 5) is 11.1. The molecule has 0 aliphatic heterocycles. The fourth-order valence-electron chi connectivity index (χ4n) is 5.10. The topological polar surface area (TPSA) is 17.1 Å². The number of rotatable bonds is 5. The Bertz CT molecular complexity index is 1220. The van der Waals surface area contributed by atoms with E-state index >= 15 is 0 Å². The molecule has 0 aromatic heterocycles. The van der Waals surface area contributed by atoms with Gasteiger partial charge in [-0.3, -0.25) is 4.79 Å². The third-order valence-corrected chi connectivity index (χ3v) is 7.42. The number of fused-ring (bicyclic) bond motifs is 2. The van der Waals surface area contributed by atoms with Gasteiger partial charge < -0.3 is 0 Å². The van der Waals surface area contributed by atoms with Crippen LogP contribution >= 0.6 is 0 Å². The summed E-state index contributed by atoms with van der Waals surface area (Å²) >= 11 is 0. The summed E-state index contributed by atoms with van der Waals surface area (Å²) in [5.41, 5.74) is 7.81. The van der Waals surface area contributed by atoms with Gasteiger partial charge in [0.15, 0.2) is 5.78 Å². The lowest BCUT2D eigenvalue weighted by atomic mass is 9.82. The lowest BCUT2D eigenvalue weighted by molar-refractivity contribution is -0.114. The molecule has 0 heterocycles. The Morgan fingerprint density at radius 2 is 1.91 bits per heavy atom. The number of aryl methyl sites for hydroxylation is 1. The first-order valence-electron chi connectivity index (χ1n) is 12.8. The van der Waals surface area contributed by atoms with Gasteiger partial charge in [-0.2, -0.15) is 0 Å². The quantitative estimate of drug-likeness (QED) is 0.413. The number of benzene rings is 2. The van der Waals surface area contributed by atoms with Gasteiger partial charge in [-0.1, -0.05) is 86.9 Å². The van der Waals surface area contributed by atoms with Gasteiger partial charge in [-0.25, -0.2) is 0 Å². The Balaban J connectivity index is 0.000000201. The second-order valence-corrected chi connectivity index (χ2v) is 11.5. The minimum atomic E-state index is 0.152. The molecule has 2 aromatic carbocycles. The van der Waals surface area contributed by atoms with Crippen LogP contribution in [0, 0.1) is 36.0 Å². The molecule has 2 unspecified atom stereocenters. The normalized spacial score (nSPS) is 22.0. The van der Waals surface area contributed by atoms with E-state index in [2.05, 4.69) is 70.0 Å². The number of hydrogen-bond donors (Lipinski definition) is 0. The van der Waals surface area contributed by atoms with Gasteiger partial charge in [0.2, 0.25) is 0 Å². The van der Waals surface area contributed by atoms with Crippen molar-refractivity contribution in [3.8, 4) is 12.3 Å². The summed E-state index contributed by atoms with van der Waals surface area (Å²) in [7, 11) is 0. The summed E-state index contributed by atoms with van der Waals surface area (Å²) in [5.74, 6) is 3.67. The van der Waals surface area contributed by atoms with E-state index in [0.29, 0.717) is 17.3 Å². The maximum Gasteiger partial charge on any atom is 0.160 e. The predicted molar refractivity (Wildman–Crippen MR) is 148 cm³/mol. The van der Waals surface area contributed by atoms with Crippen LogP contribution < -0.4 is 0 Å². The molecular formula is C34H37O. The van der Waals surface area contributed by atoms with Crippen molar-refractivity contribution < 1.29 is 4.79 Å². The van der Waals surface area contributed by atoms with Gasteiger partial charge in [0.1, 0.15) is 0 Å². The summed E-state index contributed by atoms with van der Waals surface area (Å²) in [6.45, 7) is 10.9. The van der Waals surface area contributed by atoms with Crippen molar-refractivity contribution in [3.05, 3.63) is 108 Å². The number of carbonyl (C=O) groups excluding carboxylic acids is 1. The van der Waals surface area contributed by atoms with E-state index < -0.39 is 0 Å². The second kappa shape index (κ2) is 10.2. The highest BCUT2D eigenvalue weighted by Gasteiger charge is 2.51. The van der Waals surface area contributed by atoms with Crippen LogP contribution in [0.1, 0.15) is 68.7 Å². The first kappa shape index (κ1) is 25.0. The van der Waals surface area contributed by atoms with E-state index in [-0.39, 0.29) is 5.78 Å². The molecule has 2 aromatic rings. The Kier molecular flexibility index (Phi) is 7.32. The Morgan fingerprint density at radius 1 is 1.11 bits per heavy atom. The molecule has 0 saturated heterocycles. The molecule has 0 bridgehead atoms. The molecule has 0 N–H and O–H groups in total. The first-order valence-corrected chi connectivity index (χ1v) is 12.8. The SMILES string of the molecule is C#Cc1cccc(CCC2=CC3CC3(CCC(C)(C)C)C=C2)c1.[CH2]C1=CC(=O)Cc2ccccc21. The van der Waals surface area contributed by atoms with Crippen LogP contribution in [0.3, 0.4) is 0 Å². The number of hydrogen-bond acceptors (Lipinski definition) is 1. The van der Waals surface area contributed by atoms with Crippen molar-refractivity contribution in [1.82, 2.24) is 0 Å². The van der Waals surface area contributed by atoms with Crippen molar-refractivity contribution in [2.45, 2.75) is 59.3 Å². The van der Waals surface area contributed by atoms with Crippen molar-refractivity contribution in [2.75, 3.05) is 0 Å². The van der Waals surface area contributed by atoms with Crippen LogP contribution in [0.5, 0.6) is 0 Å². The molecular weight excluding hydrogens is 424 g/mol. The fourth-order valence-corrected chi connectivity index (χ4v) is 5.10. The zero-order chi connectivity index (χ0) is 25.1. The van der Waals surface area contributed by atoms with Crippen LogP contribution in [-0.2, 0) is 17.6 Å². The predicted octanol–water partition coefficient (Wildman–Crippen LogP) is 7.96. The second-order valence-electron chi connectivity index (χ2n) is 11.5. The van der Waals surface area contributed by atoms with E-state index in [4.69, 9.17) is 6.42 Å². The molecule has 3 aliphatic carbocycles. The lowest BCUT2D eigenvalue weighted by Gasteiger charge is -2.23. The number of ketones is 1. The smallest absolute Gasteiger partial charge is 0.160 e. The Morgan fingerprint density at radius 3 is 2.66 bits per heavy atom. The zero-order valence-electron chi connectivity index (χ0n) is 21.4. The van der Waals surface area contributed by atoms with Crippen molar-refractivity contribution in [3.63, 3.8) is 0 Å². The van der Waals surface area contributed by atoms with Gasteiger partial charge in [0.05, 0.1) is 0 Å². The molecule has 3 aliphatic rings. The highest BCUT2D eigenvalue weighted by molar-refractivity contribution is 6.02. The molecule has 35 heavy (non-hydrogen) atoms. The molecule has 179 valence electrons. The highest BCUT2D eigenvalue weighted by Crippen LogP contribution is 2.61. The number of terminal acetylenes is 1. The van der Waals surface area contributed by atoms with Crippen LogP contribution in [0.2, 0.25) is 0 Å². The van der Waals surface area contributed by atoms with Crippen LogP contribution in [0.25, 0.3) is 5.57 Å². The van der Waals surface area contributed by atoms with Gasteiger partial charge >= 0.3 is 0 Å². The van der Waals surface area contributed by atoms with Crippen LogP contribution in [-0.4, -0.2) is 5.78 Å². The van der Waals surface area contributed by atoms with E-state index in [1.807, 2.05) is 30.3 Å². The van der Waals surface area contributed by atoms with Crippen molar-refractivity contribution in [2.24, 2.45) is 16.7 Å². The lowest BCUT2D eigenvalue weighted by Crippen LogP contribution is -2.11. The summed E-state index contributed by atoms with van der Waals surface area (Å²) < 4.78 is 0. The third-order valence-electron chi connectivity index (χ3n) is 7.42. The highest BCUT2D eigenvalue weighted by atomic mass is 16.1. The number of carbonyl (C=O) groups is 1. The minimum absolute atomic E-state index is 0.152. The first-order chi connectivity index (χ1) is 16.7. The maximum absolute atomic E-state index is 11.1. The standard InChI is InChI=1S/C23H28.C11H9O/c1-5-18-7-6-8-19(15-18)9-10-20-11-12-23(17-21(23)16-20)14-13-22(2,3)4;1-8-6-10(12)7-9-4-2-3-5-11(8)9/h1,6-8,11-12,15-16,21H,9-10,13-14,17H2,2-4H3;2-6H,1,7H2. The third kappa shape index (κ3) is 6.52. The molecule has 2 atom stereocenters. The summed E-state index contributed by atoms with van der Waals surface area (Å²) in [6.07, 6.45) is 21.3. The van der Waals surface area contributed by atoms with E-state index in [0.717, 1.165) is 41.0 Å². The molecule has 0 amide bonds. The largest absolute Gasteiger partial charge is 0.294 e. The van der Waals surface area contributed by atoms with E-state index in [1.54, 1.807) is 6.08 Å². The molecule has 1 radical (unpaired) electrons. The minimum Gasteiger partial charge on any atom is -0.294 e. The molecule has 0 spiro atoms. The molecule has 1 nitrogen and oxygen atoms in total. The Hall–Kier alpha value is -3.11. The van der Waals surface area contributed by atoms with Gasteiger partial charge in [-0.05, 0) is 96.2 Å². The average molecular weight is 462 g/mol. The molecule has 1 heteroatoms. The average Bonchev–Trinajstić information content (AvgIpc) is 3.56. The van der Waals surface area contributed by atoms with Gasteiger partial charge in [0, 0.05) is 12.0 Å². The monoisotopic (exact) mass is 461 g/mol. The van der Waals surface area contributed by atoms with Crippen molar-refractivity contribution in [1.29, 1.82) is 0 Å². The molecule has 1 saturated carbocycles. The van der Waals surface area contributed by atoms with Gasteiger partial charge in [0.25, 0.3) is 0 Å². The van der Waals surface area contributed by atoms with Gasteiger partial charge in [-0.15, -0.1) is 6.42 Å². The van der Waals surface area contributed by atoms with E-state index in [1.165, 1.54) is 30.4 Å². The zero-order valence-corrected chi connectivity index (χ0v) is 21.4. The Labute approximate surface area is 212 Å². The fraction of sp³-hybridized carbons (Fsp3) is 0.353. The van der Waals surface area contributed by atoms with E-state index in [9.17, 15) is 4.79 Å². The number of allylic oxidation sites excluding steroid dienone is 6.